The van der Waals surface area contributed by atoms with E-state index in [4.69, 9.17) is 32.9 Å². The number of carbonyl (C=O) groups excluding carboxylic acids is 1. The quantitative estimate of drug-likeness (QED) is 0.521. The number of halogens is 2. The summed E-state index contributed by atoms with van der Waals surface area (Å²) < 4.78 is 7.68. The van der Waals surface area contributed by atoms with Crippen LogP contribution in [0.15, 0.2) is 42.5 Å². The first kappa shape index (κ1) is 21.8. The number of piperazine rings is 1. The summed E-state index contributed by atoms with van der Waals surface area (Å²) in [5.41, 5.74) is 2.39. The minimum atomic E-state index is -0.502. The maximum Gasteiger partial charge on any atom is 0.410 e. The van der Waals surface area contributed by atoms with E-state index in [2.05, 4.69) is 15.5 Å². The first-order chi connectivity index (χ1) is 14.7. The lowest BCUT2D eigenvalue weighted by Gasteiger charge is -2.36. The van der Waals surface area contributed by atoms with Gasteiger partial charge in [-0.15, -0.1) is 0 Å². The Kier molecular flexibility index (Phi) is 6.04. The van der Waals surface area contributed by atoms with Crippen molar-refractivity contribution in [1.82, 2.24) is 14.5 Å². The zero-order valence-corrected chi connectivity index (χ0v) is 19.5. The van der Waals surface area contributed by atoms with Gasteiger partial charge in [-0.3, -0.25) is 0 Å². The zero-order chi connectivity index (χ0) is 22.2. The Hall–Kier alpha value is -2.44. The third-order valence-electron chi connectivity index (χ3n) is 5.18. The number of amides is 1. The minimum absolute atomic E-state index is 0.272. The number of fused-ring (bicyclic) bond motifs is 1. The molecule has 3 aromatic rings. The Balaban J connectivity index is 1.59. The van der Waals surface area contributed by atoms with Gasteiger partial charge in [0.25, 0.3) is 0 Å². The Morgan fingerprint density at radius 2 is 1.77 bits per heavy atom. The standard InChI is InChI=1S/C23H26Cl2N4O2/c1-23(2,3)31-22(30)28-12-10-27(11-13-28)21-26-19-6-4-5-7-20(19)29(21)15-16-14-17(24)8-9-18(16)25/h4-9,14H,10-13,15H2,1-3H3. The van der Waals surface area contributed by atoms with E-state index in [1.165, 1.54) is 0 Å². The van der Waals surface area contributed by atoms with Crippen molar-refractivity contribution >= 4 is 46.3 Å². The predicted molar refractivity (Wildman–Crippen MR) is 125 cm³/mol. The number of para-hydroxylation sites is 2. The molecule has 1 saturated heterocycles. The monoisotopic (exact) mass is 460 g/mol. The summed E-state index contributed by atoms with van der Waals surface area (Å²) >= 11 is 12.7. The normalized spacial score (nSPS) is 14.9. The van der Waals surface area contributed by atoms with Crippen molar-refractivity contribution in [3.63, 3.8) is 0 Å². The molecule has 164 valence electrons. The SMILES string of the molecule is CC(C)(C)OC(=O)N1CCN(c2nc3ccccc3n2Cc2cc(Cl)ccc2Cl)CC1. The van der Waals surface area contributed by atoms with Crippen molar-refractivity contribution in [2.24, 2.45) is 0 Å². The van der Waals surface area contributed by atoms with E-state index >= 15 is 0 Å². The summed E-state index contributed by atoms with van der Waals surface area (Å²) in [6.07, 6.45) is -0.272. The molecule has 1 aliphatic rings. The van der Waals surface area contributed by atoms with Crippen LogP contribution in [0.3, 0.4) is 0 Å². The summed E-state index contributed by atoms with van der Waals surface area (Å²) in [7, 11) is 0. The lowest BCUT2D eigenvalue weighted by molar-refractivity contribution is 0.0240. The molecule has 0 bridgehead atoms. The first-order valence-corrected chi connectivity index (χ1v) is 11.1. The van der Waals surface area contributed by atoms with Crippen LogP contribution in [0.2, 0.25) is 10.0 Å². The second-order valence-corrected chi connectivity index (χ2v) is 9.52. The Bertz CT molecular complexity index is 1100. The molecule has 1 aliphatic heterocycles. The third-order valence-corrected chi connectivity index (χ3v) is 5.79. The van der Waals surface area contributed by atoms with Crippen LogP contribution in [0, 0.1) is 0 Å². The van der Waals surface area contributed by atoms with E-state index in [-0.39, 0.29) is 6.09 Å². The molecule has 1 amide bonds. The largest absolute Gasteiger partial charge is 0.444 e. The van der Waals surface area contributed by atoms with Crippen LogP contribution in [-0.2, 0) is 11.3 Å². The van der Waals surface area contributed by atoms with Gasteiger partial charge in [-0.05, 0) is 56.7 Å². The Morgan fingerprint density at radius 1 is 1.06 bits per heavy atom. The van der Waals surface area contributed by atoms with Gasteiger partial charge in [0, 0.05) is 36.2 Å². The van der Waals surface area contributed by atoms with Gasteiger partial charge in [0.2, 0.25) is 5.95 Å². The van der Waals surface area contributed by atoms with Gasteiger partial charge in [0.15, 0.2) is 0 Å². The van der Waals surface area contributed by atoms with E-state index in [0.717, 1.165) is 22.5 Å². The number of aromatic nitrogens is 2. The summed E-state index contributed by atoms with van der Waals surface area (Å²) in [6.45, 7) is 8.70. The molecule has 1 fully saturated rings. The van der Waals surface area contributed by atoms with E-state index in [1.807, 2.05) is 51.1 Å². The lowest BCUT2D eigenvalue weighted by Crippen LogP contribution is -2.50. The lowest BCUT2D eigenvalue weighted by atomic mass is 10.2. The summed E-state index contributed by atoms with van der Waals surface area (Å²) in [4.78, 5) is 21.3. The van der Waals surface area contributed by atoms with Crippen LogP contribution in [-0.4, -0.2) is 52.3 Å². The fourth-order valence-electron chi connectivity index (χ4n) is 3.71. The zero-order valence-electron chi connectivity index (χ0n) is 17.9. The summed E-state index contributed by atoms with van der Waals surface area (Å²) in [5.74, 6) is 0.862. The number of carbonyl (C=O) groups is 1. The number of benzene rings is 2. The fourth-order valence-corrected chi connectivity index (χ4v) is 4.08. The van der Waals surface area contributed by atoms with Crippen LogP contribution < -0.4 is 4.90 Å². The number of rotatable bonds is 3. The van der Waals surface area contributed by atoms with Crippen molar-refractivity contribution in [3.8, 4) is 0 Å². The molecule has 6 nitrogen and oxygen atoms in total. The van der Waals surface area contributed by atoms with E-state index < -0.39 is 5.60 Å². The van der Waals surface area contributed by atoms with Crippen LogP contribution in [0.4, 0.5) is 10.7 Å². The minimum Gasteiger partial charge on any atom is -0.444 e. The molecule has 31 heavy (non-hydrogen) atoms. The Labute approximate surface area is 192 Å². The number of anilines is 1. The van der Waals surface area contributed by atoms with Crippen molar-refractivity contribution < 1.29 is 9.53 Å². The topological polar surface area (TPSA) is 50.6 Å². The molecule has 8 heteroatoms. The second kappa shape index (κ2) is 8.60. The molecule has 0 atom stereocenters. The van der Waals surface area contributed by atoms with Crippen molar-refractivity contribution in [2.75, 3.05) is 31.1 Å². The van der Waals surface area contributed by atoms with Crippen molar-refractivity contribution in [2.45, 2.75) is 32.9 Å². The fraction of sp³-hybridized carbons (Fsp3) is 0.391. The maximum absolute atomic E-state index is 12.4. The number of imidazole rings is 1. The van der Waals surface area contributed by atoms with Gasteiger partial charge in [0.05, 0.1) is 17.6 Å². The summed E-state index contributed by atoms with van der Waals surface area (Å²) in [5, 5.41) is 1.32. The summed E-state index contributed by atoms with van der Waals surface area (Å²) in [6, 6.07) is 13.5. The van der Waals surface area contributed by atoms with Gasteiger partial charge in [-0.1, -0.05) is 35.3 Å². The first-order valence-electron chi connectivity index (χ1n) is 10.3. The average molecular weight is 461 g/mol. The van der Waals surface area contributed by atoms with Gasteiger partial charge in [-0.2, -0.15) is 0 Å². The number of hydrogen-bond donors (Lipinski definition) is 0. The highest BCUT2D eigenvalue weighted by Gasteiger charge is 2.28. The molecule has 0 radical (unpaired) electrons. The predicted octanol–water partition coefficient (Wildman–Crippen LogP) is 5.45. The molecule has 4 rings (SSSR count). The molecule has 1 aromatic heterocycles. The molecule has 2 aromatic carbocycles. The van der Waals surface area contributed by atoms with Crippen LogP contribution >= 0.6 is 23.2 Å². The molecule has 2 heterocycles. The smallest absolute Gasteiger partial charge is 0.410 e. The second-order valence-electron chi connectivity index (χ2n) is 8.68. The average Bonchev–Trinajstić information content (AvgIpc) is 3.08. The van der Waals surface area contributed by atoms with Gasteiger partial charge >= 0.3 is 6.09 Å². The number of ether oxygens (including phenoxy) is 1. The molecule has 0 N–H and O–H groups in total. The van der Waals surface area contributed by atoms with E-state index in [9.17, 15) is 4.79 Å². The molecule has 0 aliphatic carbocycles. The maximum atomic E-state index is 12.4. The van der Waals surface area contributed by atoms with Gasteiger partial charge in [0.1, 0.15) is 5.60 Å². The van der Waals surface area contributed by atoms with Crippen molar-refractivity contribution in [3.05, 3.63) is 58.1 Å². The van der Waals surface area contributed by atoms with Crippen LogP contribution in [0.1, 0.15) is 26.3 Å². The highest BCUT2D eigenvalue weighted by molar-refractivity contribution is 6.33. The van der Waals surface area contributed by atoms with Crippen molar-refractivity contribution in [1.29, 1.82) is 0 Å². The van der Waals surface area contributed by atoms with E-state index in [1.54, 1.807) is 11.0 Å². The van der Waals surface area contributed by atoms with Crippen LogP contribution in [0.5, 0.6) is 0 Å². The van der Waals surface area contributed by atoms with Gasteiger partial charge < -0.3 is 19.1 Å². The number of hydrogen-bond acceptors (Lipinski definition) is 4. The highest BCUT2D eigenvalue weighted by atomic mass is 35.5. The molecule has 0 spiro atoms. The molecular weight excluding hydrogens is 435 g/mol. The van der Waals surface area contributed by atoms with Crippen LogP contribution in [0.25, 0.3) is 11.0 Å². The Morgan fingerprint density at radius 3 is 2.48 bits per heavy atom. The molecule has 0 saturated carbocycles. The third kappa shape index (κ3) is 4.91. The highest BCUT2D eigenvalue weighted by Crippen LogP contribution is 2.28. The van der Waals surface area contributed by atoms with E-state index in [0.29, 0.717) is 42.8 Å². The number of nitrogens with zero attached hydrogens (tertiary/aromatic N) is 4. The molecular formula is C23H26Cl2N4O2. The van der Waals surface area contributed by atoms with Gasteiger partial charge in [-0.25, -0.2) is 9.78 Å². The molecule has 0 unspecified atom stereocenters.